The lowest BCUT2D eigenvalue weighted by molar-refractivity contribution is -0.115. The van der Waals surface area contributed by atoms with Gasteiger partial charge in [-0.1, -0.05) is 19.1 Å². The first-order valence-electron chi connectivity index (χ1n) is 6.85. The summed E-state index contributed by atoms with van der Waals surface area (Å²) in [7, 11) is 0. The van der Waals surface area contributed by atoms with Gasteiger partial charge in [0.15, 0.2) is 11.3 Å². The number of anilines is 1. The first kappa shape index (κ1) is 13.8. The molecular weight excluding hydrogens is 278 g/mol. The van der Waals surface area contributed by atoms with E-state index in [9.17, 15) is 4.79 Å². The number of carbonyl (C=O) groups is 1. The van der Waals surface area contributed by atoms with E-state index in [0.29, 0.717) is 12.1 Å². The predicted molar refractivity (Wildman–Crippen MR) is 82.1 cm³/mol. The Kier molecular flexibility index (Phi) is 3.54. The number of amides is 1. The Morgan fingerprint density at radius 1 is 1.36 bits per heavy atom. The zero-order valence-electron chi connectivity index (χ0n) is 11.9. The molecule has 0 aliphatic heterocycles. The summed E-state index contributed by atoms with van der Waals surface area (Å²) in [6.45, 7) is 1.81. The number of rotatable bonds is 3. The molecule has 0 aliphatic rings. The van der Waals surface area contributed by atoms with Crippen molar-refractivity contribution in [2.45, 2.75) is 13.3 Å². The van der Waals surface area contributed by atoms with Crippen LogP contribution in [0.4, 0.5) is 5.69 Å². The zero-order valence-corrected chi connectivity index (χ0v) is 11.9. The fourth-order valence-electron chi connectivity index (χ4n) is 2.22. The van der Waals surface area contributed by atoms with Gasteiger partial charge in [0.05, 0.1) is 5.69 Å². The molecule has 1 aromatic carbocycles. The fourth-order valence-corrected chi connectivity index (χ4v) is 2.22. The Bertz CT molecular complexity index is 891. The molecule has 22 heavy (non-hydrogen) atoms. The quantitative estimate of drug-likeness (QED) is 0.804. The Morgan fingerprint density at radius 3 is 3.00 bits per heavy atom. The number of imidazole rings is 1. The van der Waals surface area contributed by atoms with Gasteiger partial charge in [-0.2, -0.15) is 5.26 Å². The summed E-state index contributed by atoms with van der Waals surface area (Å²) >= 11 is 0. The van der Waals surface area contributed by atoms with Crippen LogP contribution in [0.3, 0.4) is 0 Å². The van der Waals surface area contributed by atoms with Crippen LogP contribution in [0.2, 0.25) is 0 Å². The van der Waals surface area contributed by atoms with Crippen LogP contribution in [0.1, 0.15) is 19.0 Å². The Morgan fingerprint density at radius 2 is 2.23 bits per heavy atom. The number of aromatic nitrogens is 3. The van der Waals surface area contributed by atoms with E-state index in [1.54, 1.807) is 23.8 Å². The molecule has 1 amide bonds. The first-order valence-corrected chi connectivity index (χ1v) is 6.85. The molecule has 0 radical (unpaired) electrons. The van der Waals surface area contributed by atoms with Crippen LogP contribution in [0, 0.1) is 11.3 Å². The van der Waals surface area contributed by atoms with E-state index in [4.69, 9.17) is 5.26 Å². The van der Waals surface area contributed by atoms with Crippen LogP contribution in [-0.2, 0) is 4.79 Å². The van der Waals surface area contributed by atoms with Crippen molar-refractivity contribution in [3.05, 3.63) is 48.5 Å². The molecule has 3 aromatic rings. The highest BCUT2D eigenvalue weighted by Gasteiger charge is 2.10. The maximum Gasteiger partial charge on any atom is 0.224 e. The number of benzene rings is 1. The van der Waals surface area contributed by atoms with Crippen LogP contribution in [0.25, 0.3) is 16.9 Å². The molecule has 0 bridgehead atoms. The van der Waals surface area contributed by atoms with Gasteiger partial charge in [-0.3, -0.25) is 9.20 Å². The van der Waals surface area contributed by atoms with Crippen LogP contribution in [0.15, 0.2) is 42.9 Å². The summed E-state index contributed by atoms with van der Waals surface area (Å²) in [6, 6.07) is 11.4. The SMILES string of the molecule is CCC(=O)Nc1cccc(-c2ccnc3c(C#N)ncn23)c1. The molecular formula is C16H13N5O. The third-order valence-electron chi connectivity index (χ3n) is 3.30. The van der Waals surface area contributed by atoms with Crippen molar-refractivity contribution in [1.29, 1.82) is 5.26 Å². The number of fused-ring (bicyclic) bond motifs is 1. The van der Waals surface area contributed by atoms with Gasteiger partial charge in [0, 0.05) is 23.9 Å². The topological polar surface area (TPSA) is 83.1 Å². The van der Waals surface area contributed by atoms with E-state index in [1.807, 2.05) is 36.4 Å². The molecule has 3 rings (SSSR count). The first-order chi connectivity index (χ1) is 10.7. The van der Waals surface area contributed by atoms with Crippen molar-refractivity contribution in [2.24, 2.45) is 0 Å². The van der Waals surface area contributed by atoms with Crippen LogP contribution in [0.5, 0.6) is 0 Å². The lowest BCUT2D eigenvalue weighted by atomic mass is 10.1. The summed E-state index contributed by atoms with van der Waals surface area (Å²) < 4.78 is 1.76. The third kappa shape index (κ3) is 2.40. The molecule has 6 heteroatoms. The van der Waals surface area contributed by atoms with E-state index in [1.165, 1.54) is 0 Å². The molecule has 0 spiro atoms. The Labute approximate surface area is 127 Å². The average molecular weight is 291 g/mol. The predicted octanol–water partition coefficient (Wildman–Crippen LogP) is 2.62. The van der Waals surface area contributed by atoms with Crippen molar-refractivity contribution in [3.63, 3.8) is 0 Å². The smallest absolute Gasteiger partial charge is 0.224 e. The van der Waals surface area contributed by atoms with E-state index in [2.05, 4.69) is 15.3 Å². The van der Waals surface area contributed by atoms with Gasteiger partial charge in [-0.15, -0.1) is 0 Å². The van der Waals surface area contributed by atoms with E-state index in [0.717, 1.165) is 16.9 Å². The summed E-state index contributed by atoms with van der Waals surface area (Å²) in [5, 5.41) is 11.9. The normalized spacial score (nSPS) is 10.4. The molecule has 2 heterocycles. The van der Waals surface area contributed by atoms with Crippen LogP contribution in [-0.4, -0.2) is 20.3 Å². The summed E-state index contributed by atoms with van der Waals surface area (Å²) in [5.74, 6) is -0.0357. The molecule has 0 saturated carbocycles. The highest BCUT2D eigenvalue weighted by molar-refractivity contribution is 5.91. The van der Waals surface area contributed by atoms with Gasteiger partial charge in [0.1, 0.15) is 12.4 Å². The lowest BCUT2D eigenvalue weighted by Crippen LogP contribution is -2.09. The molecule has 6 nitrogen and oxygen atoms in total. The summed E-state index contributed by atoms with van der Waals surface area (Å²) in [5.41, 5.74) is 3.30. The van der Waals surface area contributed by atoms with Crippen molar-refractivity contribution in [3.8, 4) is 17.3 Å². The number of carbonyl (C=O) groups excluding carboxylic acids is 1. The highest BCUT2D eigenvalue weighted by atomic mass is 16.1. The fraction of sp³-hybridized carbons (Fsp3) is 0.125. The van der Waals surface area contributed by atoms with Gasteiger partial charge in [-0.25, -0.2) is 9.97 Å². The van der Waals surface area contributed by atoms with Crippen molar-refractivity contribution < 1.29 is 4.79 Å². The van der Waals surface area contributed by atoms with E-state index in [-0.39, 0.29) is 11.6 Å². The monoisotopic (exact) mass is 291 g/mol. The average Bonchev–Trinajstić information content (AvgIpc) is 2.98. The Balaban J connectivity index is 2.08. The summed E-state index contributed by atoms with van der Waals surface area (Å²) in [4.78, 5) is 19.8. The number of hydrogen-bond donors (Lipinski definition) is 1. The second-order valence-corrected chi connectivity index (χ2v) is 4.71. The summed E-state index contributed by atoms with van der Waals surface area (Å²) in [6.07, 6.45) is 3.65. The lowest BCUT2D eigenvalue weighted by Gasteiger charge is -2.08. The minimum atomic E-state index is -0.0357. The number of nitriles is 1. The maximum absolute atomic E-state index is 11.5. The molecule has 108 valence electrons. The molecule has 0 unspecified atom stereocenters. The molecule has 1 N–H and O–H groups in total. The standard InChI is InChI=1S/C16H13N5O/c1-2-15(22)20-12-5-3-4-11(8-12)14-6-7-18-16-13(9-17)19-10-21(14)16/h3-8,10H,2H2,1H3,(H,20,22). The van der Waals surface area contributed by atoms with Gasteiger partial charge in [0.25, 0.3) is 0 Å². The maximum atomic E-state index is 11.5. The Hall–Kier alpha value is -3.20. The molecule has 0 aliphatic carbocycles. The minimum absolute atomic E-state index is 0.0357. The van der Waals surface area contributed by atoms with Gasteiger partial charge in [0.2, 0.25) is 5.91 Å². The molecule has 2 aromatic heterocycles. The van der Waals surface area contributed by atoms with Crippen LogP contribution < -0.4 is 5.32 Å². The van der Waals surface area contributed by atoms with Gasteiger partial charge in [-0.05, 0) is 18.2 Å². The second-order valence-electron chi connectivity index (χ2n) is 4.71. The third-order valence-corrected chi connectivity index (χ3v) is 3.30. The van der Waals surface area contributed by atoms with Gasteiger partial charge >= 0.3 is 0 Å². The van der Waals surface area contributed by atoms with Crippen molar-refractivity contribution in [2.75, 3.05) is 5.32 Å². The number of nitrogens with one attached hydrogen (secondary N) is 1. The second kappa shape index (κ2) is 5.66. The van der Waals surface area contributed by atoms with Crippen molar-refractivity contribution in [1.82, 2.24) is 14.4 Å². The molecule has 0 saturated heterocycles. The molecule has 0 atom stereocenters. The highest BCUT2D eigenvalue weighted by Crippen LogP contribution is 2.23. The van der Waals surface area contributed by atoms with E-state index >= 15 is 0 Å². The minimum Gasteiger partial charge on any atom is -0.326 e. The van der Waals surface area contributed by atoms with Gasteiger partial charge < -0.3 is 5.32 Å². The number of nitrogens with zero attached hydrogens (tertiary/aromatic N) is 4. The largest absolute Gasteiger partial charge is 0.326 e. The zero-order chi connectivity index (χ0) is 15.5. The number of hydrogen-bond acceptors (Lipinski definition) is 4. The van der Waals surface area contributed by atoms with Crippen LogP contribution >= 0.6 is 0 Å². The molecule has 0 fully saturated rings. The van der Waals surface area contributed by atoms with Crippen molar-refractivity contribution >= 4 is 17.2 Å². The van der Waals surface area contributed by atoms with E-state index < -0.39 is 0 Å².